The molecule has 0 aromatic carbocycles. The molecule has 0 unspecified atom stereocenters. The number of aromatic nitrogens is 3. The van der Waals surface area contributed by atoms with Crippen LogP contribution in [0.1, 0.15) is 5.82 Å². The van der Waals surface area contributed by atoms with Crippen molar-refractivity contribution in [1.82, 2.24) is 14.8 Å². The van der Waals surface area contributed by atoms with E-state index in [-0.39, 0.29) is 0 Å². The van der Waals surface area contributed by atoms with Gasteiger partial charge in [0.15, 0.2) is 4.77 Å². The molecule has 3 nitrogen and oxygen atoms in total. The topological polar surface area (TPSA) is 33.6 Å². The number of H-pyrrole nitrogens is 1. The minimum atomic E-state index is 0.719. The average Bonchev–Trinajstić information content (AvgIpc) is 2.29. The van der Waals surface area contributed by atoms with Crippen molar-refractivity contribution in [3.05, 3.63) is 10.6 Å². The molecule has 1 N–H and O–H groups in total. The zero-order valence-electron chi connectivity index (χ0n) is 6.63. The highest BCUT2D eigenvalue weighted by Crippen LogP contribution is 1.99. The molecule has 0 atom stereocenters. The van der Waals surface area contributed by atoms with Crippen LogP contribution < -0.4 is 0 Å². The lowest BCUT2D eigenvalue weighted by Crippen LogP contribution is -2.02. The fraction of sp³-hybridized carbons (Fsp3) is 0.667. The van der Waals surface area contributed by atoms with Crippen molar-refractivity contribution < 1.29 is 0 Å². The molecule has 11 heavy (non-hydrogen) atoms. The summed E-state index contributed by atoms with van der Waals surface area (Å²) in [5.41, 5.74) is 0. The molecule has 0 saturated carbocycles. The number of aromatic amines is 1. The lowest BCUT2D eigenvalue weighted by Gasteiger charge is -2.00. The van der Waals surface area contributed by atoms with Crippen molar-refractivity contribution in [2.75, 3.05) is 12.0 Å². The van der Waals surface area contributed by atoms with Crippen LogP contribution in [0.25, 0.3) is 0 Å². The summed E-state index contributed by atoms with van der Waals surface area (Å²) in [4.78, 5) is 0. The van der Waals surface area contributed by atoms with Gasteiger partial charge in [0.1, 0.15) is 5.82 Å². The molecule has 0 saturated heterocycles. The molecule has 62 valence electrons. The van der Waals surface area contributed by atoms with Crippen LogP contribution in [0.5, 0.6) is 0 Å². The third-order valence-electron chi connectivity index (χ3n) is 1.47. The van der Waals surface area contributed by atoms with Gasteiger partial charge in [-0.3, -0.25) is 5.10 Å². The highest BCUT2D eigenvalue weighted by molar-refractivity contribution is 7.98. The van der Waals surface area contributed by atoms with Gasteiger partial charge in [0.2, 0.25) is 0 Å². The molecule has 1 heterocycles. The van der Waals surface area contributed by atoms with Gasteiger partial charge in [-0.2, -0.15) is 16.9 Å². The fourth-order valence-corrected chi connectivity index (χ4v) is 1.48. The summed E-state index contributed by atoms with van der Waals surface area (Å²) in [5.74, 6) is 2.04. The van der Waals surface area contributed by atoms with Crippen molar-refractivity contribution in [2.45, 2.75) is 13.5 Å². The Morgan fingerprint density at radius 1 is 1.73 bits per heavy atom. The lowest BCUT2D eigenvalue weighted by molar-refractivity contribution is 0.728. The van der Waals surface area contributed by atoms with Crippen LogP contribution in [0.4, 0.5) is 0 Å². The zero-order chi connectivity index (χ0) is 8.27. The molecule has 0 aliphatic heterocycles. The van der Waals surface area contributed by atoms with Gasteiger partial charge in [-0.25, -0.2) is 0 Å². The fourth-order valence-electron chi connectivity index (χ4n) is 0.842. The largest absolute Gasteiger partial charge is 0.304 e. The van der Waals surface area contributed by atoms with E-state index in [1.807, 2.05) is 23.3 Å². The summed E-state index contributed by atoms with van der Waals surface area (Å²) >= 11 is 6.83. The smallest absolute Gasteiger partial charge is 0.195 e. The summed E-state index contributed by atoms with van der Waals surface area (Å²) < 4.78 is 2.72. The maximum absolute atomic E-state index is 5.02. The maximum atomic E-state index is 5.02. The van der Waals surface area contributed by atoms with Gasteiger partial charge in [-0.15, -0.1) is 0 Å². The quantitative estimate of drug-likeness (QED) is 0.733. The summed E-state index contributed by atoms with van der Waals surface area (Å²) in [6, 6.07) is 0. The standard InChI is InChI=1S/C6H11N3S2/c1-5-7-8-6(10)9(5)3-4-11-2/h3-4H2,1-2H3,(H,8,10). The van der Waals surface area contributed by atoms with E-state index in [9.17, 15) is 0 Å². The van der Waals surface area contributed by atoms with Crippen molar-refractivity contribution >= 4 is 24.0 Å². The van der Waals surface area contributed by atoms with E-state index >= 15 is 0 Å². The molecule has 0 spiro atoms. The SMILES string of the molecule is CSCCn1c(C)n[nH]c1=S. The Labute approximate surface area is 75.2 Å². The van der Waals surface area contributed by atoms with E-state index < -0.39 is 0 Å². The molecule has 5 heteroatoms. The van der Waals surface area contributed by atoms with Gasteiger partial charge >= 0.3 is 0 Å². The molecule has 1 aromatic heterocycles. The van der Waals surface area contributed by atoms with E-state index in [1.165, 1.54) is 0 Å². The van der Waals surface area contributed by atoms with Crippen molar-refractivity contribution in [2.24, 2.45) is 0 Å². The summed E-state index contributed by atoms with van der Waals surface area (Å²) in [6.07, 6.45) is 2.08. The highest BCUT2D eigenvalue weighted by Gasteiger charge is 1.98. The summed E-state index contributed by atoms with van der Waals surface area (Å²) in [6.45, 7) is 2.90. The van der Waals surface area contributed by atoms with Crippen LogP contribution >= 0.6 is 24.0 Å². The van der Waals surface area contributed by atoms with Crippen LogP contribution in [-0.4, -0.2) is 26.8 Å². The predicted molar refractivity (Wildman–Crippen MR) is 50.5 cm³/mol. The monoisotopic (exact) mass is 189 g/mol. The molecule has 0 amide bonds. The number of hydrogen-bond acceptors (Lipinski definition) is 3. The minimum absolute atomic E-state index is 0.719. The molecule has 0 bridgehead atoms. The summed E-state index contributed by atoms with van der Waals surface area (Å²) in [5, 5.41) is 6.76. The van der Waals surface area contributed by atoms with Gasteiger partial charge in [0.05, 0.1) is 0 Å². The number of hydrogen-bond donors (Lipinski definition) is 1. The Morgan fingerprint density at radius 3 is 2.91 bits per heavy atom. The van der Waals surface area contributed by atoms with Gasteiger partial charge in [-0.1, -0.05) is 0 Å². The Balaban J connectivity index is 2.75. The molecular weight excluding hydrogens is 178 g/mol. The Hall–Kier alpha value is -0.290. The predicted octanol–water partition coefficient (Wildman–Crippen LogP) is 1.61. The molecule has 0 radical (unpaired) electrons. The van der Waals surface area contributed by atoms with Crippen molar-refractivity contribution in [3.8, 4) is 0 Å². The number of nitrogens with zero attached hydrogens (tertiary/aromatic N) is 2. The number of aryl methyl sites for hydroxylation is 1. The second-order valence-electron chi connectivity index (χ2n) is 2.22. The summed E-state index contributed by atoms with van der Waals surface area (Å²) in [7, 11) is 0. The van der Waals surface area contributed by atoms with Gasteiger partial charge in [0, 0.05) is 12.3 Å². The first-order valence-electron chi connectivity index (χ1n) is 3.36. The first-order valence-corrected chi connectivity index (χ1v) is 5.16. The first kappa shape index (κ1) is 8.80. The molecular formula is C6H11N3S2. The van der Waals surface area contributed by atoms with Gasteiger partial charge in [-0.05, 0) is 25.4 Å². The maximum Gasteiger partial charge on any atom is 0.195 e. The highest BCUT2D eigenvalue weighted by atomic mass is 32.2. The normalized spacial score (nSPS) is 10.4. The van der Waals surface area contributed by atoms with Crippen LogP contribution in [0.2, 0.25) is 0 Å². The second kappa shape index (κ2) is 3.92. The van der Waals surface area contributed by atoms with Gasteiger partial charge in [0.25, 0.3) is 0 Å². The van der Waals surface area contributed by atoms with Crippen molar-refractivity contribution in [1.29, 1.82) is 0 Å². The van der Waals surface area contributed by atoms with Gasteiger partial charge < -0.3 is 4.57 Å². The van der Waals surface area contributed by atoms with Crippen LogP contribution in [-0.2, 0) is 6.54 Å². The van der Waals surface area contributed by atoms with Crippen LogP contribution in [0.3, 0.4) is 0 Å². The van der Waals surface area contributed by atoms with E-state index in [2.05, 4.69) is 16.5 Å². The Morgan fingerprint density at radius 2 is 2.45 bits per heavy atom. The molecule has 0 aliphatic rings. The number of rotatable bonds is 3. The zero-order valence-corrected chi connectivity index (χ0v) is 8.26. The third kappa shape index (κ3) is 2.07. The first-order chi connectivity index (χ1) is 5.25. The second-order valence-corrected chi connectivity index (χ2v) is 3.59. The number of nitrogens with one attached hydrogen (secondary N) is 1. The molecule has 0 fully saturated rings. The molecule has 1 rings (SSSR count). The Kier molecular flexibility index (Phi) is 3.14. The van der Waals surface area contributed by atoms with E-state index in [0.29, 0.717) is 0 Å². The van der Waals surface area contributed by atoms with Crippen LogP contribution in [0.15, 0.2) is 0 Å². The minimum Gasteiger partial charge on any atom is -0.304 e. The van der Waals surface area contributed by atoms with E-state index in [0.717, 1.165) is 22.9 Å². The molecule has 0 aliphatic carbocycles. The lowest BCUT2D eigenvalue weighted by atomic mass is 10.6. The van der Waals surface area contributed by atoms with E-state index in [1.54, 1.807) is 0 Å². The van der Waals surface area contributed by atoms with Crippen molar-refractivity contribution in [3.63, 3.8) is 0 Å². The Bertz CT molecular complexity index is 276. The number of thioether (sulfide) groups is 1. The average molecular weight is 189 g/mol. The van der Waals surface area contributed by atoms with Crippen LogP contribution in [0, 0.1) is 11.7 Å². The third-order valence-corrected chi connectivity index (χ3v) is 2.37. The van der Waals surface area contributed by atoms with E-state index in [4.69, 9.17) is 12.2 Å². The molecule has 1 aromatic rings.